The summed E-state index contributed by atoms with van der Waals surface area (Å²) in [4.78, 5) is 26.7. The van der Waals surface area contributed by atoms with Gasteiger partial charge in [-0.25, -0.2) is 0 Å². The Bertz CT molecular complexity index is 1040. The summed E-state index contributed by atoms with van der Waals surface area (Å²) >= 11 is 8.12. The predicted octanol–water partition coefficient (Wildman–Crippen LogP) is 4.17. The van der Waals surface area contributed by atoms with E-state index >= 15 is 0 Å². The van der Waals surface area contributed by atoms with Gasteiger partial charge < -0.3 is 20.2 Å². The minimum absolute atomic E-state index is 0.255. The van der Waals surface area contributed by atoms with Gasteiger partial charge in [0.25, 0.3) is 0 Å². The lowest BCUT2D eigenvalue weighted by Crippen LogP contribution is -2.47. The van der Waals surface area contributed by atoms with Gasteiger partial charge >= 0.3 is 11.9 Å². The highest BCUT2D eigenvalue weighted by molar-refractivity contribution is 7.99. The number of hydrogen-bond donors (Lipinski definition) is 3. The second-order valence-electron chi connectivity index (χ2n) is 8.34. The summed E-state index contributed by atoms with van der Waals surface area (Å²) < 4.78 is 0. The topological polar surface area (TPSA) is 101 Å². The lowest BCUT2D eigenvalue weighted by atomic mass is 9.96. The van der Waals surface area contributed by atoms with Gasteiger partial charge in [-0.3, -0.25) is 14.5 Å². The number of aliphatic hydroxyl groups is 1. The molecule has 188 valence electrons. The van der Waals surface area contributed by atoms with Crippen molar-refractivity contribution in [2.45, 2.75) is 29.1 Å². The van der Waals surface area contributed by atoms with Crippen molar-refractivity contribution in [3.63, 3.8) is 0 Å². The number of aliphatic carboxylic acids is 2. The van der Waals surface area contributed by atoms with Crippen LogP contribution in [0.25, 0.3) is 5.57 Å². The zero-order valence-corrected chi connectivity index (χ0v) is 21.1. The van der Waals surface area contributed by atoms with E-state index in [-0.39, 0.29) is 19.4 Å². The predicted molar refractivity (Wildman–Crippen MR) is 138 cm³/mol. The molecule has 0 aromatic heterocycles. The number of benzene rings is 2. The summed E-state index contributed by atoms with van der Waals surface area (Å²) in [6.45, 7) is 6.39. The van der Waals surface area contributed by atoms with Crippen molar-refractivity contribution in [3.05, 3.63) is 64.7 Å². The number of fused-ring (bicyclic) bond motifs is 2. The maximum Gasteiger partial charge on any atom is 0.303 e. The number of halogens is 1. The Morgan fingerprint density at radius 3 is 2.11 bits per heavy atom. The molecule has 2 aromatic rings. The largest absolute Gasteiger partial charge is 0.481 e. The van der Waals surface area contributed by atoms with Gasteiger partial charge in [0.05, 0.1) is 19.4 Å². The van der Waals surface area contributed by atoms with Crippen molar-refractivity contribution >= 4 is 40.9 Å². The first-order valence-electron chi connectivity index (χ1n) is 11.6. The van der Waals surface area contributed by atoms with Crippen LogP contribution in [-0.2, 0) is 9.59 Å². The molecule has 0 atom stereocenters. The number of carbonyl (C=O) groups is 2. The van der Waals surface area contributed by atoms with E-state index in [1.807, 2.05) is 17.8 Å². The van der Waals surface area contributed by atoms with E-state index in [2.05, 4.69) is 52.3 Å². The van der Waals surface area contributed by atoms with E-state index in [4.69, 9.17) is 26.9 Å². The highest BCUT2D eigenvalue weighted by atomic mass is 35.5. The molecular formula is C26H31ClN2O5S. The van der Waals surface area contributed by atoms with Gasteiger partial charge in [-0.1, -0.05) is 47.6 Å². The highest BCUT2D eigenvalue weighted by Crippen LogP contribution is 2.46. The Morgan fingerprint density at radius 2 is 1.49 bits per heavy atom. The summed E-state index contributed by atoms with van der Waals surface area (Å²) in [6.07, 6.45) is 2.82. The molecule has 4 rings (SSSR count). The van der Waals surface area contributed by atoms with Gasteiger partial charge in [0.2, 0.25) is 0 Å². The molecule has 1 saturated heterocycles. The fraction of sp³-hybridized carbons (Fsp3) is 0.385. The minimum Gasteiger partial charge on any atom is -0.481 e. The summed E-state index contributed by atoms with van der Waals surface area (Å²) in [5.74, 6) is -2.15. The minimum atomic E-state index is -1.08. The van der Waals surface area contributed by atoms with E-state index in [1.165, 1.54) is 26.5 Å². The van der Waals surface area contributed by atoms with Crippen LogP contribution >= 0.6 is 23.4 Å². The second kappa shape index (κ2) is 13.7. The van der Waals surface area contributed by atoms with Gasteiger partial charge in [-0.15, -0.1) is 0 Å². The molecule has 2 aliphatic heterocycles. The number of β-amino-alcohol motifs (C(OH)–C–C–N with tert-alkyl or cyclic N) is 1. The van der Waals surface area contributed by atoms with E-state index in [9.17, 15) is 9.59 Å². The van der Waals surface area contributed by atoms with E-state index in [0.717, 1.165) is 50.7 Å². The van der Waals surface area contributed by atoms with Crippen LogP contribution in [-0.4, -0.2) is 82.9 Å². The Labute approximate surface area is 215 Å². The van der Waals surface area contributed by atoms with E-state index < -0.39 is 11.9 Å². The normalized spacial score (nSPS) is 16.7. The molecule has 1 fully saturated rings. The molecule has 0 bridgehead atoms. The van der Waals surface area contributed by atoms with Crippen LogP contribution in [0.4, 0.5) is 0 Å². The number of piperazine rings is 1. The zero-order chi connectivity index (χ0) is 25.2. The number of nitrogens with zero attached hydrogens (tertiary/aromatic N) is 2. The smallest absolute Gasteiger partial charge is 0.303 e. The van der Waals surface area contributed by atoms with Crippen molar-refractivity contribution in [2.75, 3.05) is 45.9 Å². The van der Waals surface area contributed by atoms with Crippen LogP contribution < -0.4 is 0 Å². The first kappa shape index (κ1) is 27.2. The maximum atomic E-state index is 9.64. The first-order valence-corrected chi connectivity index (χ1v) is 12.8. The molecule has 7 nitrogen and oxygen atoms in total. The molecule has 0 unspecified atom stereocenters. The van der Waals surface area contributed by atoms with E-state index in [0.29, 0.717) is 0 Å². The second-order valence-corrected chi connectivity index (χ2v) is 9.86. The van der Waals surface area contributed by atoms with Crippen molar-refractivity contribution in [1.82, 2.24) is 9.80 Å². The zero-order valence-electron chi connectivity index (χ0n) is 19.5. The van der Waals surface area contributed by atoms with Crippen LogP contribution in [0, 0.1) is 0 Å². The molecule has 0 radical (unpaired) electrons. The third-order valence-electron chi connectivity index (χ3n) is 5.86. The fourth-order valence-corrected chi connectivity index (χ4v) is 5.31. The Hall–Kier alpha value is -2.36. The van der Waals surface area contributed by atoms with Crippen LogP contribution in [0.2, 0.25) is 5.02 Å². The molecule has 35 heavy (non-hydrogen) atoms. The van der Waals surface area contributed by atoms with Crippen molar-refractivity contribution < 1.29 is 24.9 Å². The first-order chi connectivity index (χ1) is 16.9. The summed E-state index contributed by atoms with van der Waals surface area (Å²) in [7, 11) is 0. The average Bonchev–Trinajstić information content (AvgIpc) is 2.84. The Morgan fingerprint density at radius 1 is 0.886 bits per heavy atom. The number of aliphatic hydroxyl groups excluding tert-OH is 1. The van der Waals surface area contributed by atoms with Gasteiger partial charge in [-0.05, 0) is 47.4 Å². The number of carboxylic acids is 2. The number of rotatable bonds is 8. The highest BCUT2D eigenvalue weighted by Gasteiger charge is 2.21. The van der Waals surface area contributed by atoms with Gasteiger partial charge in [-0.2, -0.15) is 0 Å². The van der Waals surface area contributed by atoms with Crippen LogP contribution in [0.5, 0.6) is 0 Å². The third kappa shape index (κ3) is 8.37. The summed E-state index contributed by atoms with van der Waals surface area (Å²) in [5.41, 5.74) is 3.87. The maximum absolute atomic E-state index is 9.64. The van der Waals surface area contributed by atoms with Crippen LogP contribution in [0.1, 0.15) is 30.4 Å². The van der Waals surface area contributed by atoms with Gasteiger partial charge in [0.1, 0.15) is 0 Å². The SMILES string of the molecule is O=C(O)CCC(=O)O.OCCN1CCN(CCC=C2c3ccccc3Sc3ccc(Cl)cc32)CC1. The van der Waals surface area contributed by atoms with Crippen LogP contribution in [0.15, 0.2) is 58.3 Å². The molecular weight excluding hydrogens is 488 g/mol. The average molecular weight is 519 g/mol. The van der Waals surface area contributed by atoms with Crippen LogP contribution in [0.3, 0.4) is 0 Å². The Balaban J connectivity index is 0.000000371. The molecule has 9 heteroatoms. The Kier molecular flexibility index (Phi) is 10.6. The quantitative estimate of drug-likeness (QED) is 0.408. The lowest BCUT2D eigenvalue weighted by molar-refractivity contribution is -0.143. The molecule has 2 aliphatic rings. The van der Waals surface area contributed by atoms with Gasteiger partial charge in [0, 0.05) is 54.1 Å². The molecule has 3 N–H and O–H groups in total. The molecule has 2 aromatic carbocycles. The van der Waals surface area contributed by atoms with Gasteiger partial charge in [0.15, 0.2) is 0 Å². The van der Waals surface area contributed by atoms with Crippen molar-refractivity contribution in [2.24, 2.45) is 0 Å². The third-order valence-corrected chi connectivity index (χ3v) is 7.24. The van der Waals surface area contributed by atoms with E-state index in [1.54, 1.807) is 0 Å². The standard InChI is InChI=1S/C22H25ClN2OS.C4H6O4/c23-17-7-8-22-20(16-17)18(19-4-1-2-6-21(19)27-22)5-3-9-24-10-12-25(13-11-24)14-15-26;5-3(6)1-2-4(7)8/h1-2,4-8,16,26H,3,9-15H2;1-2H2,(H,5,6)(H,7,8). The molecule has 2 heterocycles. The number of carboxylic acid groups (broad SMARTS) is 2. The molecule has 0 spiro atoms. The van der Waals surface area contributed by atoms with Crippen molar-refractivity contribution in [3.8, 4) is 0 Å². The lowest BCUT2D eigenvalue weighted by Gasteiger charge is -2.34. The fourth-order valence-electron chi connectivity index (χ4n) is 4.05. The number of hydrogen-bond acceptors (Lipinski definition) is 6. The monoisotopic (exact) mass is 518 g/mol. The summed E-state index contributed by atoms with van der Waals surface area (Å²) in [5, 5.41) is 25.7. The molecule has 0 amide bonds. The molecule has 0 aliphatic carbocycles. The molecule has 0 saturated carbocycles. The summed E-state index contributed by atoms with van der Waals surface area (Å²) in [6, 6.07) is 14.8. The van der Waals surface area contributed by atoms with Crippen molar-refractivity contribution in [1.29, 1.82) is 0 Å².